The van der Waals surface area contributed by atoms with E-state index in [1.165, 1.54) is 11.1 Å². The number of hydrogen-bond acceptors (Lipinski definition) is 3. The highest BCUT2D eigenvalue weighted by Gasteiger charge is 2.26. The van der Waals surface area contributed by atoms with Gasteiger partial charge in [0, 0.05) is 31.8 Å². The average Bonchev–Trinajstić information content (AvgIpc) is 2.68. The molecule has 1 saturated heterocycles. The molecule has 2 unspecified atom stereocenters. The highest BCUT2D eigenvalue weighted by molar-refractivity contribution is 5.26. The molecule has 0 aromatic heterocycles. The van der Waals surface area contributed by atoms with Gasteiger partial charge in [0.1, 0.15) is 0 Å². The molecule has 0 bridgehead atoms. The molecular formula is C16H26N2O. The summed E-state index contributed by atoms with van der Waals surface area (Å²) in [5.74, 6) is 0. The predicted octanol–water partition coefficient (Wildman–Crippen LogP) is 2.50. The maximum absolute atomic E-state index is 6.40. The average molecular weight is 262 g/mol. The molecule has 1 aromatic rings. The molecular weight excluding hydrogens is 236 g/mol. The van der Waals surface area contributed by atoms with E-state index < -0.39 is 0 Å². The third-order valence-corrected chi connectivity index (χ3v) is 3.91. The van der Waals surface area contributed by atoms with Gasteiger partial charge in [0.2, 0.25) is 0 Å². The number of nitrogens with zero attached hydrogens (tertiary/aromatic N) is 1. The van der Waals surface area contributed by atoms with E-state index in [9.17, 15) is 0 Å². The lowest BCUT2D eigenvalue weighted by Crippen LogP contribution is -2.42. The summed E-state index contributed by atoms with van der Waals surface area (Å²) in [5.41, 5.74) is 9.05. The van der Waals surface area contributed by atoms with Gasteiger partial charge in [-0.05, 0) is 25.3 Å². The summed E-state index contributed by atoms with van der Waals surface area (Å²) in [4.78, 5) is 2.50. The maximum atomic E-state index is 6.40. The van der Waals surface area contributed by atoms with E-state index in [1.807, 2.05) is 0 Å². The molecule has 2 N–H and O–H groups in total. The lowest BCUT2D eigenvalue weighted by Gasteiger charge is -2.34. The highest BCUT2D eigenvalue weighted by Crippen LogP contribution is 2.26. The minimum absolute atomic E-state index is 0.180. The van der Waals surface area contributed by atoms with Gasteiger partial charge in [0.05, 0.1) is 6.61 Å². The Hall–Kier alpha value is -0.900. The first-order chi connectivity index (χ1) is 9.22. The van der Waals surface area contributed by atoms with Gasteiger partial charge in [-0.2, -0.15) is 0 Å². The van der Waals surface area contributed by atoms with Crippen LogP contribution in [-0.4, -0.2) is 37.2 Å². The lowest BCUT2D eigenvalue weighted by molar-refractivity contribution is 0.125. The molecule has 1 fully saturated rings. The number of rotatable bonds is 4. The van der Waals surface area contributed by atoms with Crippen LogP contribution in [0.1, 0.15) is 36.9 Å². The SMILES string of the molecule is CCC(N)C(c1cccc(C)c1)N1CCCOCC1. The van der Waals surface area contributed by atoms with Gasteiger partial charge in [0.25, 0.3) is 0 Å². The molecule has 1 aliphatic rings. The quantitative estimate of drug-likeness (QED) is 0.906. The minimum atomic E-state index is 0.180. The van der Waals surface area contributed by atoms with Crippen LogP contribution in [0.2, 0.25) is 0 Å². The molecule has 1 aliphatic heterocycles. The fraction of sp³-hybridized carbons (Fsp3) is 0.625. The van der Waals surface area contributed by atoms with Crippen LogP contribution in [-0.2, 0) is 4.74 Å². The number of ether oxygens (including phenoxy) is 1. The monoisotopic (exact) mass is 262 g/mol. The third kappa shape index (κ3) is 3.78. The van der Waals surface area contributed by atoms with Crippen molar-refractivity contribution in [2.75, 3.05) is 26.3 Å². The number of nitrogens with two attached hydrogens (primary N) is 1. The Morgan fingerprint density at radius 1 is 1.32 bits per heavy atom. The van der Waals surface area contributed by atoms with Gasteiger partial charge >= 0.3 is 0 Å². The Bertz CT molecular complexity index is 386. The topological polar surface area (TPSA) is 38.5 Å². The molecule has 0 saturated carbocycles. The lowest BCUT2D eigenvalue weighted by atomic mass is 9.95. The fourth-order valence-corrected chi connectivity index (χ4v) is 2.85. The number of hydrogen-bond donors (Lipinski definition) is 1. The van der Waals surface area contributed by atoms with Crippen molar-refractivity contribution < 1.29 is 4.74 Å². The van der Waals surface area contributed by atoms with Crippen molar-refractivity contribution >= 4 is 0 Å². The zero-order chi connectivity index (χ0) is 13.7. The molecule has 3 heteroatoms. The van der Waals surface area contributed by atoms with Crippen molar-refractivity contribution in [3.63, 3.8) is 0 Å². The van der Waals surface area contributed by atoms with Gasteiger partial charge in [-0.15, -0.1) is 0 Å². The summed E-state index contributed by atoms with van der Waals surface area (Å²) in [5, 5.41) is 0. The second kappa shape index (κ2) is 7.04. The second-order valence-electron chi connectivity index (χ2n) is 5.43. The highest BCUT2D eigenvalue weighted by atomic mass is 16.5. The van der Waals surface area contributed by atoms with Crippen molar-refractivity contribution in [2.24, 2.45) is 5.73 Å². The smallest absolute Gasteiger partial charge is 0.0593 e. The predicted molar refractivity (Wildman–Crippen MR) is 79.2 cm³/mol. The second-order valence-corrected chi connectivity index (χ2v) is 5.43. The van der Waals surface area contributed by atoms with Crippen LogP contribution >= 0.6 is 0 Å². The Labute approximate surface area is 116 Å². The molecule has 0 radical (unpaired) electrons. The summed E-state index contributed by atoms with van der Waals surface area (Å²) < 4.78 is 5.57. The Kier molecular flexibility index (Phi) is 5.37. The molecule has 2 atom stereocenters. The Morgan fingerprint density at radius 3 is 2.89 bits per heavy atom. The summed E-state index contributed by atoms with van der Waals surface area (Å²) >= 11 is 0. The molecule has 3 nitrogen and oxygen atoms in total. The van der Waals surface area contributed by atoms with Crippen molar-refractivity contribution in [1.29, 1.82) is 0 Å². The molecule has 1 heterocycles. The van der Waals surface area contributed by atoms with E-state index in [1.54, 1.807) is 0 Å². The van der Waals surface area contributed by atoms with Crippen molar-refractivity contribution in [3.8, 4) is 0 Å². The van der Waals surface area contributed by atoms with Gasteiger partial charge < -0.3 is 10.5 Å². The summed E-state index contributed by atoms with van der Waals surface area (Å²) in [6, 6.07) is 9.24. The van der Waals surface area contributed by atoms with Crippen LogP contribution < -0.4 is 5.73 Å². The Balaban J connectivity index is 2.24. The molecule has 2 rings (SSSR count). The molecule has 0 spiro atoms. The maximum Gasteiger partial charge on any atom is 0.0593 e. The summed E-state index contributed by atoms with van der Waals surface area (Å²) in [7, 11) is 0. The van der Waals surface area contributed by atoms with Crippen LogP contribution in [0.5, 0.6) is 0 Å². The summed E-state index contributed by atoms with van der Waals surface area (Å²) in [6.45, 7) is 8.06. The standard InChI is InChI=1S/C16H26N2O/c1-3-15(17)16(14-7-4-6-13(2)12-14)18-8-5-10-19-11-9-18/h4,6-7,12,15-16H,3,5,8-11,17H2,1-2H3. The summed E-state index contributed by atoms with van der Waals surface area (Å²) in [6.07, 6.45) is 2.09. The molecule has 0 aliphatic carbocycles. The van der Waals surface area contributed by atoms with E-state index in [4.69, 9.17) is 10.5 Å². The first kappa shape index (κ1) is 14.5. The molecule has 106 valence electrons. The third-order valence-electron chi connectivity index (χ3n) is 3.91. The van der Waals surface area contributed by atoms with Crippen LogP contribution in [0.15, 0.2) is 24.3 Å². The van der Waals surface area contributed by atoms with Gasteiger partial charge in [0.15, 0.2) is 0 Å². The molecule has 0 amide bonds. The molecule has 1 aromatic carbocycles. The zero-order valence-corrected chi connectivity index (χ0v) is 12.1. The van der Waals surface area contributed by atoms with Crippen molar-refractivity contribution in [2.45, 2.75) is 38.8 Å². The van der Waals surface area contributed by atoms with E-state index in [2.05, 4.69) is 43.0 Å². The van der Waals surface area contributed by atoms with E-state index in [0.717, 1.165) is 39.1 Å². The molecule has 19 heavy (non-hydrogen) atoms. The normalized spacial score (nSPS) is 20.8. The van der Waals surface area contributed by atoms with E-state index in [0.29, 0.717) is 6.04 Å². The van der Waals surface area contributed by atoms with Crippen LogP contribution in [0.25, 0.3) is 0 Å². The Morgan fingerprint density at radius 2 is 2.16 bits per heavy atom. The zero-order valence-electron chi connectivity index (χ0n) is 12.1. The van der Waals surface area contributed by atoms with E-state index >= 15 is 0 Å². The fourth-order valence-electron chi connectivity index (χ4n) is 2.85. The van der Waals surface area contributed by atoms with Crippen LogP contribution in [0.4, 0.5) is 0 Å². The van der Waals surface area contributed by atoms with Gasteiger partial charge in [-0.3, -0.25) is 4.90 Å². The van der Waals surface area contributed by atoms with Crippen LogP contribution in [0, 0.1) is 6.92 Å². The van der Waals surface area contributed by atoms with Gasteiger partial charge in [-0.1, -0.05) is 36.8 Å². The number of aryl methyl sites for hydroxylation is 1. The number of benzene rings is 1. The van der Waals surface area contributed by atoms with Crippen LogP contribution in [0.3, 0.4) is 0 Å². The van der Waals surface area contributed by atoms with Gasteiger partial charge in [-0.25, -0.2) is 0 Å². The van der Waals surface area contributed by atoms with Crippen molar-refractivity contribution in [1.82, 2.24) is 4.90 Å². The first-order valence-electron chi connectivity index (χ1n) is 7.36. The minimum Gasteiger partial charge on any atom is -0.380 e. The van der Waals surface area contributed by atoms with Crippen molar-refractivity contribution in [3.05, 3.63) is 35.4 Å². The van der Waals surface area contributed by atoms with E-state index in [-0.39, 0.29) is 6.04 Å². The largest absolute Gasteiger partial charge is 0.380 e. The first-order valence-corrected chi connectivity index (χ1v) is 7.36.